The highest BCUT2D eigenvalue weighted by molar-refractivity contribution is 6.35. The van der Waals surface area contributed by atoms with Gasteiger partial charge in [-0.25, -0.2) is 19.9 Å². The molecule has 3 atom stereocenters. The molecule has 0 spiro atoms. The molecule has 4 heterocycles. The number of aromatic nitrogens is 4. The molecule has 38 heavy (non-hydrogen) atoms. The van der Waals surface area contributed by atoms with E-state index in [0.717, 1.165) is 38.2 Å². The second kappa shape index (κ2) is 12.1. The summed E-state index contributed by atoms with van der Waals surface area (Å²) < 4.78 is 12.4. The van der Waals surface area contributed by atoms with Crippen LogP contribution in [0.5, 0.6) is 5.88 Å². The van der Waals surface area contributed by atoms with Crippen molar-refractivity contribution in [3.8, 4) is 11.9 Å². The molecule has 3 aromatic rings. The molecule has 2 bridgehead atoms. The molecule has 198 valence electrons. The van der Waals surface area contributed by atoms with E-state index in [9.17, 15) is 0 Å². The first-order chi connectivity index (χ1) is 18.6. The summed E-state index contributed by atoms with van der Waals surface area (Å²) in [5, 5.41) is 12.9. The molecule has 1 aromatic carbocycles. The number of halogens is 2. The van der Waals surface area contributed by atoms with Crippen molar-refractivity contribution >= 4 is 40.7 Å². The first-order valence-corrected chi connectivity index (χ1v) is 13.6. The van der Waals surface area contributed by atoms with Crippen LogP contribution < -0.4 is 15.0 Å². The van der Waals surface area contributed by atoms with Crippen LogP contribution >= 0.6 is 23.2 Å². The van der Waals surface area contributed by atoms with Crippen LogP contribution in [0.15, 0.2) is 36.9 Å². The van der Waals surface area contributed by atoms with Crippen LogP contribution in [0.4, 0.5) is 17.5 Å². The molecule has 0 aliphatic carbocycles. The number of ether oxygens (including phenoxy) is 2. The maximum absolute atomic E-state index is 9.08. The van der Waals surface area contributed by atoms with E-state index < -0.39 is 0 Å². The highest BCUT2D eigenvalue weighted by Crippen LogP contribution is 2.37. The third kappa shape index (κ3) is 5.93. The predicted octanol–water partition coefficient (Wildman–Crippen LogP) is 5.45. The first-order valence-electron chi connectivity index (χ1n) is 12.8. The third-order valence-electron chi connectivity index (χ3n) is 6.95. The lowest BCUT2D eigenvalue weighted by Crippen LogP contribution is -2.52. The van der Waals surface area contributed by atoms with Gasteiger partial charge in [0.1, 0.15) is 17.5 Å². The zero-order valence-electron chi connectivity index (χ0n) is 21.1. The number of anilines is 3. The molecule has 1 N–H and O–H groups in total. The summed E-state index contributed by atoms with van der Waals surface area (Å²) >= 11 is 13.0. The van der Waals surface area contributed by atoms with Crippen molar-refractivity contribution in [2.75, 3.05) is 36.5 Å². The molecule has 11 heteroatoms. The lowest BCUT2D eigenvalue weighted by molar-refractivity contribution is 0.0418. The highest BCUT2D eigenvalue weighted by Gasteiger charge is 2.41. The summed E-state index contributed by atoms with van der Waals surface area (Å²) in [6.07, 6.45) is 9.29. The van der Waals surface area contributed by atoms with Crippen LogP contribution in [-0.4, -0.2) is 52.3 Å². The van der Waals surface area contributed by atoms with E-state index in [2.05, 4.69) is 43.1 Å². The average Bonchev–Trinajstić information content (AvgIpc) is 3.04. The lowest BCUT2D eigenvalue weighted by Gasteiger charge is -2.41. The van der Waals surface area contributed by atoms with E-state index in [4.69, 9.17) is 37.9 Å². The van der Waals surface area contributed by atoms with Gasteiger partial charge in [-0.1, -0.05) is 36.5 Å². The number of fused-ring (bicyclic) bond motifs is 2. The van der Waals surface area contributed by atoms with Crippen molar-refractivity contribution < 1.29 is 9.47 Å². The second-order valence-corrected chi connectivity index (χ2v) is 10.4. The summed E-state index contributed by atoms with van der Waals surface area (Å²) in [4.78, 5) is 20.2. The highest BCUT2D eigenvalue weighted by atomic mass is 35.5. The van der Waals surface area contributed by atoms with E-state index in [0.29, 0.717) is 47.7 Å². The fraction of sp³-hybridized carbons (Fsp3) is 0.444. The Kier molecular flexibility index (Phi) is 8.42. The topological polar surface area (TPSA) is 109 Å². The number of aryl methyl sites for hydroxylation is 1. The Morgan fingerprint density at radius 3 is 2.74 bits per heavy atom. The second-order valence-electron chi connectivity index (χ2n) is 9.64. The molecular weight excluding hydrogens is 525 g/mol. The molecule has 2 aliphatic rings. The van der Waals surface area contributed by atoms with Crippen LogP contribution in [0.3, 0.4) is 0 Å². The number of hydrogen-bond acceptors (Lipinski definition) is 9. The van der Waals surface area contributed by atoms with Crippen LogP contribution in [0, 0.1) is 23.2 Å². The van der Waals surface area contributed by atoms with Crippen molar-refractivity contribution in [1.82, 2.24) is 19.9 Å². The van der Waals surface area contributed by atoms with Gasteiger partial charge in [0.25, 0.3) is 0 Å². The van der Waals surface area contributed by atoms with Gasteiger partial charge in [-0.15, -0.1) is 0 Å². The summed E-state index contributed by atoms with van der Waals surface area (Å²) in [5.74, 6) is 1.70. The SMILES string of the molecule is CCCCc1cnc(N2CC3CCOCC(C2)C3Oc2ncnc(Nc3ccc(C#N)cc3Cl)c2Cl)nc1. The fourth-order valence-electron chi connectivity index (χ4n) is 4.95. The summed E-state index contributed by atoms with van der Waals surface area (Å²) in [6.45, 7) is 4.90. The molecular formula is C27H29Cl2N7O2. The van der Waals surface area contributed by atoms with Gasteiger partial charge in [0, 0.05) is 43.9 Å². The molecule has 2 fully saturated rings. The van der Waals surface area contributed by atoms with Crippen LogP contribution in [0.1, 0.15) is 37.3 Å². The first kappa shape index (κ1) is 26.4. The van der Waals surface area contributed by atoms with Gasteiger partial charge in [-0.2, -0.15) is 5.26 Å². The van der Waals surface area contributed by atoms with Crippen molar-refractivity contribution in [3.05, 3.63) is 58.1 Å². The number of unbranched alkanes of at least 4 members (excludes halogenated alkanes) is 1. The van der Waals surface area contributed by atoms with Gasteiger partial charge >= 0.3 is 0 Å². The minimum atomic E-state index is -0.128. The molecule has 0 saturated carbocycles. The van der Waals surface area contributed by atoms with Crippen LogP contribution in [0.2, 0.25) is 10.0 Å². The Hall–Kier alpha value is -3.19. The number of nitriles is 1. The van der Waals surface area contributed by atoms with Gasteiger partial charge in [-0.05, 0) is 43.0 Å². The van der Waals surface area contributed by atoms with E-state index in [1.807, 2.05) is 12.4 Å². The fourth-order valence-corrected chi connectivity index (χ4v) is 5.37. The normalized spacial score (nSPS) is 20.9. The molecule has 0 radical (unpaired) electrons. The Labute approximate surface area is 232 Å². The number of hydrogen-bond donors (Lipinski definition) is 1. The third-order valence-corrected chi connectivity index (χ3v) is 7.61. The maximum atomic E-state index is 9.08. The largest absolute Gasteiger partial charge is 0.472 e. The van der Waals surface area contributed by atoms with Gasteiger partial charge < -0.3 is 19.7 Å². The standard InChI is InChI=1S/C27H29Cl2N7O2/c1-2-3-4-18-11-31-27(32-12-18)36-13-19-7-8-37-15-20(14-36)24(19)38-26-23(29)25(33-16-34-26)35-22-6-5-17(10-30)9-21(22)28/h5-6,9,11-12,16,19-20,24H,2-4,7-8,13-15H2,1H3,(H,33,34,35). The van der Waals surface area contributed by atoms with Crippen molar-refractivity contribution in [1.29, 1.82) is 5.26 Å². The monoisotopic (exact) mass is 553 g/mol. The zero-order valence-corrected chi connectivity index (χ0v) is 22.6. The number of nitrogens with zero attached hydrogens (tertiary/aromatic N) is 6. The minimum Gasteiger partial charge on any atom is -0.472 e. The molecule has 5 rings (SSSR count). The molecule has 0 amide bonds. The Bertz CT molecular complexity index is 1290. The molecule has 2 aromatic heterocycles. The van der Waals surface area contributed by atoms with Gasteiger partial charge in [0.05, 0.1) is 28.9 Å². The Morgan fingerprint density at radius 2 is 1.97 bits per heavy atom. The number of nitrogens with one attached hydrogen (secondary N) is 1. The molecule has 9 nitrogen and oxygen atoms in total. The summed E-state index contributed by atoms with van der Waals surface area (Å²) in [5.41, 5.74) is 2.21. The summed E-state index contributed by atoms with van der Waals surface area (Å²) in [7, 11) is 0. The minimum absolute atomic E-state index is 0.0926. The van der Waals surface area contributed by atoms with Gasteiger partial charge in [0.15, 0.2) is 5.82 Å². The predicted molar refractivity (Wildman–Crippen MR) is 146 cm³/mol. The average molecular weight is 554 g/mol. The quantitative estimate of drug-likeness (QED) is 0.389. The lowest BCUT2D eigenvalue weighted by atomic mass is 9.85. The number of benzene rings is 1. The molecule has 2 aliphatic heterocycles. The van der Waals surface area contributed by atoms with Gasteiger partial charge in [-0.3, -0.25) is 0 Å². The Balaban J connectivity index is 1.32. The van der Waals surface area contributed by atoms with Crippen LogP contribution in [0.25, 0.3) is 0 Å². The number of piperidine rings is 1. The van der Waals surface area contributed by atoms with Crippen molar-refractivity contribution in [2.45, 2.75) is 38.7 Å². The van der Waals surface area contributed by atoms with E-state index in [1.165, 1.54) is 11.9 Å². The van der Waals surface area contributed by atoms with Crippen molar-refractivity contribution in [2.24, 2.45) is 11.8 Å². The zero-order chi connectivity index (χ0) is 26.5. The van der Waals surface area contributed by atoms with E-state index in [-0.39, 0.29) is 23.0 Å². The summed E-state index contributed by atoms with van der Waals surface area (Å²) in [6, 6.07) is 7.02. The van der Waals surface area contributed by atoms with E-state index >= 15 is 0 Å². The van der Waals surface area contributed by atoms with Gasteiger partial charge in [0.2, 0.25) is 11.8 Å². The van der Waals surface area contributed by atoms with E-state index in [1.54, 1.807) is 18.2 Å². The maximum Gasteiger partial charge on any atom is 0.238 e. The molecule has 2 saturated heterocycles. The van der Waals surface area contributed by atoms with Crippen LogP contribution in [-0.2, 0) is 11.2 Å². The van der Waals surface area contributed by atoms with Crippen molar-refractivity contribution in [3.63, 3.8) is 0 Å². The number of rotatable bonds is 8. The Morgan fingerprint density at radius 1 is 1.16 bits per heavy atom. The molecule has 3 unspecified atom stereocenters. The smallest absolute Gasteiger partial charge is 0.238 e.